The first-order valence-electron chi connectivity index (χ1n) is 9.71. The maximum atomic E-state index is 14.0. The van der Waals surface area contributed by atoms with E-state index in [1.165, 1.54) is 36.4 Å². The van der Waals surface area contributed by atoms with Gasteiger partial charge in [-0.3, -0.25) is 4.79 Å². The number of fused-ring (bicyclic) bond motifs is 1. The van der Waals surface area contributed by atoms with Crippen molar-refractivity contribution in [2.75, 3.05) is 0 Å². The number of rotatable bonds is 5. The third kappa shape index (κ3) is 5.35. The Balaban J connectivity index is 0.00000204. The molecule has 0 saturated heterocycles. The number of hydrogen-bond donors (Lipinski definition) is 1. The SMILES string of the molecule is Cc1c(CC(=O)O)cc2ccc(F)cc2c1-c1ccc(S(=O)(=O)c2cccc(Cl)c2)cc1.O.[LiH]. The van der Waals surface area contributed by atoms with Crippen molar-refractivity contribution in [3.8, 4) is 11.1 Å². The summed E-state index contributed by atoms with van der Waals surface area (Å²) in [5.41, 5.74) is 2.65. The molecule has 0 unspecified atom stereocenters. The quantitative estimate of drug-likeness (QED) is 0.410. The molecule has 0 spiro atoms. The predicted octanol–water partition coefficient (Wildman–Crippen LogP) is 4.59. The van der Waals surface area contributed by atoms with Gasteiger partial charge in [-0.15, -0.1) is 0 Å². The topological polar surface area (TPSA) is 103 Å². The van der Waals surface area contributed by atoms with Crippen molar-refractivity contribution < 1.29 is 28.2 Å². The van der Waals surface area contributed by atoms with Crippen LogP contribution >= 0.6 is 11.6 Å². The summed E-state index contributed by atoms with van der Waals surface area (Å²) in [6.45, 7) is 1.79. The Bertz CT molecular complexity index is 1470. The van der Waals surface area contributed by atoms with Crippen LogP contribution < -0.4 is 0 Å². The van der Waals surface area contributed by atoms with Crippen LogP contribution in [0.1, 0.15) is 11.1 Å². The van der Waals surface area contributed by atoms with Crippen molar-refractivity contribution in [3.05, 3.63) is 94.8 Å². The molecule has 4 aromatic rings. The van der Waals surface area contributed by atoms with Gasteiger partial charge in [0, 0.05) is 5.02 Å². The van der Waals surface area contributed by atoms with Crippen molar-refractivity contribution in [1.82, 2.24) is 0 Å². The van der Waals surface area contributed by atoms with Crippen molar-refractivity contribution in [3.63, 3.8) is 0 Å². The van der Waals surface area contributed by atoms with Crippen molar-refractivity contribution in [2.24, 2.45) is 0 Å². The van der Waals surface area contributed by atoms with E-state index in [1.807, 2.05) is 0 Å². The van der Waals surface area contributed by atoms with Crippen LogP contribution in [0.4, 0.5) is 4.39 Å². The Kier molecular flexibility index (Phi) is 8.70. The van der Waals surface area contributed by atoms with Gasteiger partial charge in [0.05, 0.1) is 16.2 Å². The Hall–Kier alpha value is -2.66. The summed E-state index contributed by atoms with van der Waals surface area (Å²) in [7, 11) is -3.77. The van der Waals surface area contributed by atoms with Gasteiger partial charge >= 0.3 is 24.8 Å². The molecule has 4 rings (SSSR count). The number of aliphatic carboxylic acids is 1. The molecule has 34 heavy (non-hydrogen) atoms. The van der Waals surface area contributed by atoms with Crippen LogP contribution in [-0.4, -0.2) is 43.8 Å². The fourth-order valence-electron chi connectivity index (χ4n) is 3.82. The fraction of sp³-hybridized carbons (Fsp3) is 0.0800. The van der Waals surface area contributed by atoms with Gasteiger partial charge in [0.1, 0.15) is 5.82 Å². The average molecular weight is 495 g/mol. The third-order valence-electron chi connectivity index (χ3n) is 5.37. The van der Waals surface area contributed by atoms with Crippen molar-refractivity contribution >= 4 is 57.0 Å². The molecule has 0 saturated carbocycles. The normalized spacial score (nSPS) is 10.9. The predicted molar refractivity (Wildman–Crippen MR) is 133 cm³/mol. The number of carboxylic acids is 1. The van der Waals surface area contributed by atoms with E-state index in [2.05, 4.69) is 0 Å². The average Bonchev–Trinajstić information content (AvgIpc) is 2.74. The van der Waals surface area contributed by atoms with E-state index in [4.69, 9.17) is 11.6 Å². The molecule has 0 fully saturated rings. The Morgan fingerprint density at radius 1 is 0.971 bits per heavy atom. The molecule has 0 heterocycles. The molecule has 9 heteroatoms. The molecule has 3 N–H and O–H groups in total. The molecule has 0 aliphatic heterocycles. The summed E-state index contributed by atoms with van der Waals surface area (Å²) in [4.78, 5) is 11.5. The molecule has 0 aromatic heterocycles. The number of carboxylic acid groups (broad SMARTS) is 1. The van der Waals surface area contributed by atoms with Gasteiger partial charge in [-0.05, 0) is 82.4 Å². The molecule has 0 aliphatic carbocycles. The summed E-state index contributed by atoms with van der Waals surface area (Å²) >= 11 is 5.94. The van der Waals surface area contributed by atoms with E-state index in [9.17, 15) is 22.7 Å². The molecule has 0 bridgehead atoms. The molecule has 172 valence electrons. The van der Waals surface area contributed by atoms with Gasteiger partial charge < -0.3 is 10.6 Å². The van der Waals surface area contributed by atoms with Crippen LogP contribution in [0.25, 0.3) is 21.9 Å². The first-order chi connectivity index (χ1) is 15.2. The zero-order valence-electron chi connectivity index (χ0n) is 17.5. The molecule has 0 radical (unpaired) electrons. The number of halogens is 2. The van der Waals surface area contributed by atoms with Gasteiger partial charge in [-0.2, -0.15) is 0 Å². The zero-order valence-corrected chi connectivity index (χ0v) is 19.0. The van der Waals surface area contributed by atoms with Crippen LogP contribution in [0.15, 0.2) is 82.6 Å². The zero-order chi connectivity index (χ0) is 23.0. The van der Waals surface area contributed by atoms with E-state index in [1.54, 1.807) is 43.3 Å². The van der Waals surface area contributed by atoms with E-state index >= 15 is 0 Å². The number of hydrogen-bond acceptors (Lipinski definition) is 3. The van der Waals surface area contributed by atoms with Crippen LogP contribution in [-0.2, 0) is 21.1 Å². The van der Waals surface area contributed by atoms with Gasteiger partial charge in [-0.1, -0.05) is 41.9 Å². The summed E-state index contributed by atoms with van der Waals surface area (Å²) in [5, 5.41) is 10.9. The Morgan fingerprint density at radius 2 is 1.65 bits per heavy atom. The van der Waals surface area contributed by atoms with Gasteiger partial charge in [-0.25, -0.2) is 12.8 Å². The molecular formula is C25H21ClFLiO5S. The van der Waals surface area contributed by atoms with E-state index in [0.29, 0.717) is 38.0 Å². The molecule has 5 nitrogen and oxygen atoms in total. The number of carbonyl (C=O) groups is 1. The van der Waals surface area contributed by atoms with Gasteiger partial charge in [0.25, 0.3) is 0 Å². The molecule has 4 aromatic carbocycles. The minimum atomic E-state index is -3.77. The monoisotopic (exact) mass is 494 g/mol. The van der Waals surface area contributed by atoms with Crippen LogP contribution in [0.2, 0.25) is 5.02 Å². The molecule has 0 atom stereocenters. The van der Waals surface area contributed by atoms with Gasteiger partial charge in [0.2, 0.25) is 9.84 Å². The molecule has 0 aliphatic rings. The van der Waals surface area contributed by atoms with Crippen molar-refractivity contribution in [1.29, 1.82) is 0 Å². The fourth-order valence-corrected chi connectivity index (χ4v) is 5.38. The molecule has 0 amide bonds. The molecular weight excluding hydrogens is 474 g/mol. The summed E-state index contributed by atoms with van der Waals surface area (Å²) in [6, 6.07) is 18.4. The second-order valence-electron chi connectivity index (χ2n) is 7.46. The van der Waals surface area contributed by atoms with E-state index < -0.39 is 21.6 Å². The third-order valence-corrected chi connectivity index (χ3v) is 7.37. The van der Waals surface area contributed by atoms with Crippen LogP contribution in [0.3, 0.4) is 0 Å². The Morgan fingerprint density at radius 3 is 2.26 bits per heavy atom. The number of sulfone groups is 1. The van der Waals surface area contributed by atoms with E-state index in [0.717, 1.165) is 0 Å². The second-order valence-corrected chi connectivity index (χ2v) is 9.84. The first kappa shape index (κ1) is 27.6. The van der Waals surface area contributed by atoms with Gasteiger partial charge in [0.15, 0.2) is 0 Å². The van der Waals surface area contributed by atoms with Crippen molar-refractivity contribution in [2.45, 2.75) is 23.1 Å². The summed E-state index contributed by atoms with van der Waals surface area (Å²) in [5.74, 6) is -1.38. The summed E-state index contributed by atoms with van der Waals surface area (Å²) in [6.07, 6.45) is -0.173. The first-order valence-corrected chi connectivity index (χ1v) is 11.6. The maximum absolute atomic E-state index is 14.0. The minimum absolute atomic E-state index is 0. The standard InChI is InChI=1S/C25H18ClFO4S.Li.H2O.H/c1-15-18(12-24(28)29)11-17-5-8-20(27)14-23(17)25(15)16-6-9-21(10-7-16)32(30,31)22-4-2-3-19(26)13-22;;;/h2-11,13-14H,12H2,1H3,(H,28,29);;1H2;. The second kappa shape index (κ2) is 10.7. The van der Waals surface area contributed by atoms with Crippen LogP contribution in [0, 0.1) is 12.7 Å². The van der Waals surface area contributed by atoms with Crippen LogP contribution in [0.5, 0.6) is 0 Å². The summed E-state index contributed by atoms with van der Waals surface area (Å²) < 4.78 is 40.0. The Labute approximate surface area is 213 Å². The van der Waals surface area contributed by atoms with E-state index in [-0.39, 0.29) is 40.5 Å². The number of benzene rings is 4.